The van der Waals surface area contributed by atoms with Gasteiger partial charge in [0.05, 0.1) is 17.7 Å². The maximum Gasteiger partial charge on any atom is 0.253 e. The van der Waals surface area contributed by atoms with Crippen molar-refractivity contribution in [3.05, 3.63) is 29.0 Å². The fourth-order valence-electron chi connectivity index (χ4n) is 1.56. The summed E-state index contributed by atoms with van der Waals surface area (Å²) in [7, 11) is 0. The summed E-state index contributed by atoms with van der Waals surface area (Å²) in [5.74, 6) is -1.46. The smallest absolute Gasteiger partial charge is 0.253 e. The first-order chi connectivity index (χ1) is 9.53. The molecule has 0 fully saturated rings. The molecule has 1 aromatic rings. The number of Topliss-reactive ketones (excluding diaryl/α,β-unsaturated/α-hetero) is 1. The summed E-state index contributed by atoms with van der Waals surface area (Å²) in [4.78, 5) is 27.8. The zero-order valence-corrected chi connectivity index (χ0v) is 12.5. The molecule has 0 saturated heterocycles. The molecule has 0 aromatic carbocycles. The third-order valence-corrected chi connectivity index (χ3v) is 3.32. The van der Waals surface area contributed by atoms with Crippen LogP contribution in [0.4, 0.5) is 0 Å². The Morgan fingerprint density at radius 1 is 1.55 bits per heavy atom. The van der Waals surface area contributed by atoms with E-state index in [1.807, 2.05) is 6.07 Å². The second-order valence-corrected chi connectivity index (χ2v) is 4.82. The van der Waals surface area contributed by atoms with Gasteiger partial charge in [0.2, 0.25) is 0 Å². The minimum atomic E-state index is -0.827. The van der Waals surface area contributed by atoms with E-state index < -0.39 is 17.9 Å². The van der Waals surface area contributed by atoms with E-state index in [1.54, 1.807) is 6.92 Å². The Hall–Kier alpha value is -1.58. The summed E-state index contributed by atoms with van der Waals surface area (Å²) in [6.45, 7) is 1.76. The molecule has 1 heterocycles. The molecule has 1 N–H and O–H groups in total. The highest BCUT2D eigenvalue weighted by molar-refractivity contribution is 7.80. The number of carbonyl (C=O) groups excluding carboxylic acids is 2. The van der Waals surface area contributed by atoms with E-state index in [9.17, 15) is 9.59 Å². The van der Waals surface area contributed by atoms with Crippen LogP contribution in [0.15, 0.2) is 18.3 Å². The van der Waals surface area contributed by atoms with Crippen LogP contribution in [0.5, 0.6) is 0 Å². The normalized spacial score (nSPS) is 13.1. The van der Waals surface area contributed by atoms with E-state index in [0.717, 1.165) is 0 Å². The Balaban J connectivity index is 2.78. The molecule has 20 heavy (non-hydrogen) atoms. The summed E-state index contributed by atoms with van der Waals surface area (Å²) in [5, 5.41) is 11.7. The van der Waals surface area contributed by atoms with Crippen LogP contribution in [0, 0.1) is 17.2 Å². The molecular formula is C13H14ClN3O2S. The summed E-state index contributed by atoms with van der Waals surface area (Å²) < 4.78 is 0. The van der Waals surface area contributed by atoms with Crippen molar-refractivity contribution >= 4 is 35.9 Å². The van der Waals surface area contributed by atoms with Crippen molar-refractivity contribution in [1.82, 2.24) is 10.3 Å². The Morgan fingerprint density at radius 3 is 2.70 bits per heavy atom. The summed E-state index contributed by atoms with van der Waals surface area (Å²) in [6.07, 6.45) is 1.73. The standard InChI is InChI=1S/C13H14ClN3O2S/c1-2-10(12(18)9(5-15)7-20)17-13(19)8-3-4-11(14)16-6-8/h3-4,6,9-10,20H,2,7H2,1H3,(H,17,19). The summed E-state index contributed by atoms with van der Waals surface area (Å²) in [6, 6.07) is 4.17. The zero-order valence-electron chi connectivity index (χ0n) is 10.8. The van der Waals surface area contributed by atoms with Crippen molar-refractivity contribution < 1.29 is 9.59 Å². The predicted octanol–water partition coefficient (Wildman–Crippen LogP) is 1.88. The van der Waals surface area contributed by atoms with Crippen molar-refractivity contribution in [3.8, 4) is 6.07 Å². The SMILES string of the molecule is CCC(NC(=O)c1ccc(Cl)nc1)C(=O)C(C#N)CS. The average Bonchev–Trinajstić information content (AvgIpc) is 2.46. The lowest BCUT2D eigenvalue weighted by Crippen LogP contribution is -2.43. The van der Waals surface area contributed by atoms with Crippen molar-refractivity contribution in [3.63, 3.8) is 0 Å². The number of thiol groups is 1. The highest BCUT2D eigenvalue weighted by atomic mass is 35.5. The van der Waals surface area contributed by atoms with Crippen LogP contribution in [0.2, 0.25) is 5.15 Å². The number of aromatic nitrogens is 1. The average molecular weight is 312 g/mol. The van der Waals surface area contributed by atoms with Gasteiger partial charge in [0.1, 0.15) is 11.1 Å². The molecule has 1 aromatic heterocycles. The number of rotatable bonds is 6. The monoisotopic (exact) mass is 311 g/mol. The highest BCUT2D eigenvalue weighted by Gasteiger charge is 2.26. The molecule has 2 unspecified atom stereocenters. The van der Waals surface area contributed by atoms with E-state index >= 15 is 0 Å². The third-order valence-electron chi connectivity index (χ3n) is 2.73. The lowest BCUT2D eigenvalue weighted by atomic mass is 9.99. The number of halogens is 1. The molecule has 2 atom stereocenters. The summed E-state index contributed by atoms with van der Waals surface area (Å²) >= 11 is 9.60. The molecule has 106 valence electrons. The van der Waals surface area contributed by atoms with Gasteiger partial charge in [-0.25, -0.2) is 4.98 Å². The molecular weight excluding hydrogens is 298 g/mol. The summed E-state index contributed by atoms with van der Waals surface area (Å²) in [5.41, 5.74) is 0.306. The number of nitrogens with one attached hydrogen (secondary N) is 1. The van der Waals surface area contributed by atoms with Crippen LogP contribution in [0.3, 0.4) is 0 Å². The number of nitriles is 1. The number of ketones is 1. The van der Waals surface area contributed by atoms with Crippen molar-refractivity contribution in [2.75, 3.05) is 5.75 Å². The van der Waals surface area contributed by atoms with Crippen molar-refractivity contribution in [2.45, 2.75) is 19.4 Å². The fourth-order valence-corrected chi connectivity index (χ4v) is 1.94. The van der Waals surface area contributed by atoms with Gasteiger partial charge < -0.3 is 5.32 Å². The number of nitrogens with zero attached hydrogens (tertiary/aromatic N) is 2. The molecule has 0 spiro atoms. The largest absolute Gasteiger partial charge is 0.342 e. The van der Waals surface area contributed by atoms with E-state index in [0.29, 0.717) is 12.0 Å². The first-order valence-electron chi connectivity index (χ1n) is 6.00. The fraction of sp³-hybridized carbons (Fsp3) is 0.385. The van der Waals surface area contributed by atoms with Gasteiger partial charge in [0, 0.05) is 11.9 Å². The maximum atomic E-state index is 12.0. The van der Waals surface area contributed by atoms with Crippen LogP contribution in [0.25, 0.3) is 0 Å². The van der Waals surface area contributed by atoms with E-state index in [4.69, 9.17) is 16.9 Å². The predicted molar refractivity (Wildman–Crippen MR) is 78.8 cm³/mol. The Morgan fingerprint density at radius 2 is 2.25 bits per heavy atom. The van der Waals surface area contributed by atoms with Crippen LogP contribution < -0.4 is 5.32 Å². The van der Waals surface area contributed by atoms with E-state index in [1.165, 1.54) is 18.3 Å². The number of amides is 1. The van der Waals surface area contributed by atoms with E-state index in [-0.39, 0.29) is 16.7 Å². The molecule has 7 heteroatoms. The number of pyridine rings is 1. The van der Waals surface area contributed by atoms with Gasteiger partial charge in [-0.15, -0.1) is 0 Å². The number of carbonyl (C=O) groups is 2. The van der Waals surface area contributed by atoms with Crippen LogP contribution >= 0.6 is 24.2 Å². The first-order valence-corrected chi connectivity index (χ1v) is 7.01. The molecule has 1 rings (SSSR count). The van der Waals surface area contributed by atoms with Gasteiger partial charge in [-0.1, -0.05) is 18.5 Å². The van der Waals surface area contributed by atoms with Gasteiger partial charge in [-0.2, -0.15) is 17.9 Å². The van der Waals surface area contributed by atoms with Gasteiger partial charge in [-0.3, -0.25) is 9.59 Å². The van der Waals surface area contributed by atoms with Crippen LogP contribution in [-0.2, 0) is 4.79 Å². The topological polar surface area (TPSA) is 82.8 Å². The minimum absolute atomic E-state index is 0.129. The van der Waals surface area contributed by atoms with Crippen molar-refractivity contribution in [2.24, 2.45) is 5.92 Å². The number of hydrogen-bond donors (Lipinski definition) is 2. The second-order valence-electron chi connectivity index (χ2n) is 4.07. The lowest BCUT2D eigenvalue weighted by Gasteiger charge is -2.17. The molecule has 1 amide bonds. The molecule has 0 aliphatic heterocycles. The molecule has 0 radical (unpaired) electrons. The second kappa shape index (κ2) is 7.88. The van der Waals surface area contributed by atoms with Crippen LogP contribution in [-0.4, -0.2) is 28.5 Å². The first kappa shape index (κ1) is 16.5. The molecule has 0 bridgehead atoms. The molecule has 0 aliphatic carbocycles. The van der Waals surface area contributed by atoms with Gasteiger partial charge in [0.15, 0.2) is 5.78 Å². The minimum Gasteiger partial charge on any atom is -0.342 e. The molecule has 0 saturated carbocycles. The van der Waals surface area contributed by atoms with Gasteiger partial charge in [0.25, 0.3) is 5.91 Å². The highest BCUT2D eigenvalue weighted by Crippen LogP contribution is 2.09. The Kier molecular flexibility index (Phi) is 6.49. The lowest BCUT2D eigenvalue weighted by molar-refractivity contribution is -0.122. The Bertz CT molecular complexity index is 527. The maximum absolute atomic E-state index is 12.0. The quantitative estimate of drug-likeness (QED) is 0.621. The van der Waals surface area contributed by atoms with E-state index in [2.05, 4.69) is 22.9 Å². The van der Waals surface area contributed by atoms with Gasteiger partial charge >= 0.3 is 0 Å². The zero-order chi connectivity index (χ0) is 15.1. The van der Waals surface area contributed by atoms with Crippen molar-refractivity contribution in [1.29, 1.82) is 5.26 Å². The number of hydrogen-bond acceptors (Lipinski definition) is 5. The Labute approximate surface area is 127 Å². The molecule has 5 nitrogen and oxygen atoms in total. The van der Waals surface area contributed by atoms with Crippen LogP contribution in [0.1, 0.15) is 23.7 Å². The third kappa shape index (κ3) is 4.22. The molecule has 0 aliphatic rings. The van der Waals surface area contributed by atoms with Gasteiger partial charge in [-0.05, 0) is 18.6 Å².